The maximum atomic E-state index is 6.15. The molecule has 0 N–H and O–H groups in total. The molecule has 0 aromatic rings. The third-order valence-electron chi connectivity index (χ3n) is 3.67. The van der Waals surface area contributed by atoms with Crippen molar-refractivity contribution >= 4 is 8.56 Å². The zero-order valence-corrected chi connectivity index (χ0v) is 11.9. The summed E-state index contributed by atoms with van der Waals surface area (Å²) in [5, 5.41) is 0. The smallest absolute Gasteiger partial charge is 0.331 e. The zero-order valence-electron chi connectivity index (χ0n) is 10.9. The summed E-state index contributed by atoms with van der Waals surface area (Å²) in [4.78, 5) is 0. The molecule has 94 valence electrons. The van der Waals surface area contributed by atoms with E-state index in [4.69, 9.17) is 13.6 Å². The van der Waals surface area contributed by atoms with Gasteiger partial charge in [0.2, 0.25) is 0 Å². The van der Waals surface area contributed by atoms with Crippen LogP contribution in [0, 0.1) is 5.92 Å². The fourth-order valence-corrected chi connectivity index (χ4v) is 4.64. The van der Waals surface area contributed by atoms with Crippen LogP contribution in [0.25, 0.3) is 0 Å². The highest BCUT2D eigenvalue weighted by Crippen LogP contribution is 2.41. The summed E-state index contributed by atoms with van der Waals surface area (Å²) < 4.78 is 17.4. The van der Waals surface area contributed by atoms with Gasteiger partial charge >= 0.3 is 8.56 Å². The number of hydrogen-bond acceptors (Lipinski definition) is 3. The Morgan fingerprint density at radius 2 is 2.06 bits per heavy atom. The SMILES string of the molecule is CCO[Si](C)(C)OC(C)C1CCC2OC2C1. The first-order valence-corrected chi connectivity index (χ1v) is 9.30. The molecule has 0 amide bonds. The lowest BCUT2D eigenvalue weighted by Crippen LogP contribution is -2.41. The zero-order chi connectivity index (χ0) is 11.8. The molecule has 1 aliphatic heterocycles. The van der Waals surface area contributed by atoms with Gasteiger partial charge in [-0.15, -0.1) is 0 Å². The fourth-order valence-electron chi connectivity index (χ4n) is 2.79. The summed E-state index contributed by atoms with van der Waals surface area (Å²) in [6.45, 7) is 9.25. The minimum Gasteiger partial charge on any atom is -0.395 e. The van der Waals surface area contributed by atoms with E-state index in [1.54, 1.807) is 0 Å². The van der Waals surface area contributed by atoms with Crippen LogP contribution in [0.15, 0.2) is 0 Å². The van der Waals surface area contributed by atoms with Crippen LogP contribution in [0.4, 0.5) is 0 Å². The van der Waals surface area contributed by atoms with Crippen LogP contribution < -0.4 is 0 Å². The summed E-state index contributed by atoms with van der Waals surface area (Å²) in [5.41, 5.74) is 0. The maximum Gasteiger partial charge on any atom is 0.331 e. The van der Waals surface area contributed by atoms with Crippen LogP contribution in [0.1, 0.15) is 33.1 Å². The van der Waals surface area contributed by atoms with Gasteiger partial charge in [0, 0.05) is 12.7 Å². The van der Waals surface area contributed by atoms with Crippen LogP contribution >= 0.6 is 0 Å². The van der Waals surface area contributed by atoms with Gasteiger partial charge in [0.1, 0.15) is 0 Å². The highest BCUT2D eigenvalue weighted by molar-refractivity contribution is 6.64. The monoisotopic (exact) mass is 244 g/mol. The molecule has 0 radical (unpaired) electrons. The Balaban J connectivity index is 1.80. The Bertz CT molecular complexity index is 244. The molecule has 0 aromatic heterocycles. The van der Waals surface area contributed by atoms with Crippen molar-refractivity contribution in [2.45, 2.75) is 64.5 Å². The minimum atomic E-state index is -1.90. The van der Waals surface area contributed by atoms with Crippen LogP contribution in [0.5, 0.6) is 0 Å². The van der Waals surface area contributed by atoms with E-state index in [2.05, 4.69) is 20.0 Å². The summed E-state index contributed by atoms with van der Waals surface area (Å²) in [7, 11) is -1.90. The van der Waals surface area contributed by atoms with Gasteiger partial charge in [-0.1, -0.05) is 0 Å². The van der Waals surface area contributed by atoms with Crippen LogP contribution in [-0.2, 0) is 13.6 Å². The maximum absolute atomic E-state index is 6.15. The van der Waals surface area contributed by atoms with Gasteiger partial charge in [-0.25, -0.2) is 0 Å². The molecule has 1 heterocycles. The Morgan fingerprint density at radius 1 is 1.31 bits per heavy atom. The summed E-state index contributed by atoms with van der Waals surface area (Å²) >= 11 is 0. The summed E-state index contributed by atoms with van der Waals surface area (Å²) in [6, 6.07) is 0. The first-order chi connectivity index (χ1) is 7.52. The fraction of sp³-hybridized carbons (Fsp3) is 1.00. The predicted molar refractivity (Wildman–Crippen MR) is 65.7 cm³/mol. The van der Waals surface area contributed by atoms with E-state index in [0.717, 1.165) is 6.61 Å². The third kappa shape index (κ3) is 3.06. The van der Waals surface area contributed by atoms with Gasteiger partial charge in [-0.3, -0.25) is 0 Å². The second kappa shape index (κ2) is 4.76. The molecule has 4 atom stereocenters. The number of hydrogen-bond donors (Lipinski definition) is 0. The number of rotatable bonds is 5. The highest BCUT2D eigenvalue weighted by atomic mass is 28.4. The van der Waals surface area contributed by atoms with Gasteiger partial charge in [-0.2, -0.15) is 0 Å². The third-order valence-corrected chi connectivity index (χ3v) is 5.59. The predicted octanol–water partition coefficient (Wildman–Crippen LogP) is 2.70. The highest BCUT2D eigenvalue weighted by Gasteiger charge is 2.45. The molecular weight excluding hydrogens is 220 g/mol. The van der Waals surface area contributed by atoms with Crippen molar-refractivity contribution in [3.05, 3.63) is 0 Å². The summed E-state index contributed by atoms with van der Waals surface area (Å²) in [5.74, 6) is 0.663. The molecule has 1 saturated carbocycles. The molecule has 2 fully saturated rings. The van der Waals surface area contributed by atoms with Crippen molar-refractivity contribution in [1.82, 2.24) is 0 Å². The quantitative estimate of drug-likeness (QED) is 0.550. The minimum absolute atomic E-state index is 0.318. The van der Waals surface area contributed by atoms with Gasteiger partial charge < -0.3 is 13.6 Å². The van der Waals surface area contributed by atoms with Gasteiger partial charge in [-0.05, 0) is 52.1 Å². The lowest BCUT2D eigenvalue weighted by molar-refractivity contribution is 0.0798. The molecule has 4 heteroatoms. The van der Waals surface area contributed by atoms with Gasteiger partial charge in [0.05, 0.1) is 12.2 Å². The average Bonchev–Trinajstić information content (AvgIpc) is 2.93. The Morgan fingerprint density at radius 3 is 2.69 bits per heavy atom. The van der Waals surface area contributed by atoms with E-state index in [1.165, 1.54) is 19.3 Å². The van der Waals surface area contributed by atoms with Crippen molar-refractivity contribution in [2.24, 2.45) is 5.92 Å². The van der Waals surface area contributed by atoms with Gasteiger partial charge in [0.25, 0.3) is 0 Å². The molecule has 0 spiro atoms. The number of fused-ring (bicyclic) bond motifs is 1. The van der Waals surface area contributed by atoms with E-state index >= 15 is 0 Å². The lowest BCUT2D eigenvalue weighted by Gasteiger charge is -2.32. The molecular formula is C12H24O3Si. The standard InChI is InChI=1S/C12H24O3Si/c1-5-13-16(3,4)15-9(2)10-6-7-11-12(8-10)14-11/h9-12H,5-8H2,1-4H3. The number of epoxide rings is 1. The Hall–Kier alpha value is 0.0969. The molecule has 2 aliphatic rings. The van der Waals surface area contributed by atoms with Crippen LogP contribution in [-0.4, -0.2) is 33.5 Å². The van der Waals surface area contributed by atoms with E-state index in [1.807, 2.05) is 6.92 Å². The lowest BCUT2D eigenvalue weighted by atomic mass is 9.86. The molecule has 1 aliphatic carbocycles. The Kier molecular flexibility index (Phi) is 3.74. The van der Waals surface area contributed by atoms with E-state index in [-0.39, 0.29) is 0 Å². The molecule has 16 heavy (non-hydrogen) atoms. The van der Waals surface area contributed by atoms with Crippen molar-refractivity contribution in [3.63, 3.8) is 0 Å². The van der Waals surface area contributed by atoms with E-state index in [9.17, 15) is 0 Å². The summed E-state index contributed by atoms with van der Waals surface area (Å²) in [6.07, 6.45) is 5.10. The van der Waals surface area contributed by atoms with Crippen molar-refractivity contribution < 1.29 is 13.6 Å². The molecule has 1 saturated heterocycles. The van der Waals surface area contributed by atoms with Crippen molar-refractivity contribution in [3.8, 4) is 0 Å². The Labute approximate surface area is 99.7 Å². The first-order valence-electron chi connectivity index (χ1n) is 6.49. The number of ether oxygens (including phenoxy) is 1. The molecule has 3 nitrogen and oxygen atoms in total. The largest absolute Gasteiger partial charge is 0.395 e. The van der Waals surface area contributed by atoms with Crippen LogP contribution in [0.3, 0.4) is 0 Å². The second-order valence-corrected chi connectivity index (χ2v) is 8.77. The van der Waals surface area contributed by atoms with E-state index in [0.29, 0.717) is 24.2 Å². The molecule has 4 unspecified atom stereocenters. The van der Waals surface area contributed by atoms with Crippen molar-refractivity contribution in [2.75, 3.05) is 6.61 Å². The van der Waals surface area contributed by atoms with Crippen LogP contribution in [0.2, 0.25) is 13.1 Å². The molecule has 2 rings (SSSR count). The normalized spacial score (nSPS) is 35.6. The molecule has 0 aromatic carbocycles. The van der Waals surface area contributed by atoms with Gasteiger partial charge in [0.15, 0.2) is 0 Å². The first kappa shape index (κ1) is 12.6. The van der Waals surface area contributed by atoms with E-state index < -0.39 is 8.56 Å². The topological polar surface area (TPSA) is 31.0 Å². The second-order valence-electron chi connectivity index (χ2n) is 5.44. The average molecular weight is 244 g/mol. The van der Waals surface area contributed by atoms with Crippen molar-refractivity contribution in [1.29, 1.82) is 0 Å². The molecule has 0 bridgehead atoms.